The SMILES string of the molecule is CC/C=C(\CCC)c1cccc(-c2csc(NC(=O)CNC(=O)c3ccn(C)c3)n2)c1.CCC.CCC1COC1. The van der Waals surface area contributed by atoms with E-state index >= 15 is 0 Å². The van der Waals surface area contributed by atoms with Gasteiger partial charge in [-0.3, -0.25) is 9.59 Å². The van der Waals surface area contributed by atoms with Gasteiger partial charge < -0.3 is 19.9 Å². The first kappa shape index (κ1) is 33.0. The second-order valence-corrected chi connectivity index (χ2v) is 10.7. The van der Waals surface area contributed by atoms with Crippen LogP contribution in [0.2, 0.25) is 0 Å². The molecule has 3 aromatic rings. The van der Waals surface area contributed by atoms with Gasteiger partial charge in [0.05, 0.1) is 31.0 Å². The van der Waals surface area contributed by atoms with E-state index in [-0.39, 0.29) is 18.4 Å². The molecule has 0 radical (unpaired) electrons. The Labute approximate surface area is 244 Å². The minimum absolute atomic E-state index is 0.111. The Bertz CT molecular complexity index is 1210. The number of carbonyl (C=O) groups is 2. The molecule has 0 spiro atoms. The predicted octanol–water partition coefficient (Wildman–Crippen LogP) is 7.57. The molecule has 0 unspecified atom stereocenters. The molecular weight excluding hydrogens is 520 g/mol. The Morgan fingerprint density at radius 3 is 2.42 bits per heavy atom. The quantitative estimate of drug-likeness (QED) is 0.265. The molecule has 1 fully saturated rings. The zero-order valence-electron chi connectivity index (χ0n) is 25.0. The van der Waals surface area contributed by atoms with Gasteiger partial charge in [0.25, 0.3) is 5.91 Å². The number of aromatic nitrogens is 2. The van der Waals surface area contributed by atoms with Crippen LogP contribution in [0.5, 0.6) is 0 Å². The summed E-state index contributed by atoms with van der Waals surface area (Å²) in [5.41, 5.74) is 4.92. The van der Waals surface area contributed by atoms with Gasteiger partial charge >= 0.3 is 0 Å². The van der Waals surface area contributed by atoms with Crippen LogP contribution in [0.3, 0.4) is 0 Å². The highest BCUT2D eigenvalue weighted by Gasteiger charge is 2.14. The Hall–Kier alpha value is -3.23. The van der Waals surface area contributed by atoms with Crippen LogP contribution >= 0.6 is 11.3 Å². The molecule has 1 saturated heterocycles. The monoisotopic (exact) mass is 566 g/mol. The normalized spacial score (nSPS) is 12.8. The van der Waals surface area contributed by atoms with Crippen molar-refractivity contribution in [2.24, 2.45) is 13.0 Å². The lowest BCUT2D eigenvalue weighted by Crippen LogP contribution is -2.32. The summed E-state index contributed by atoms with van der Waals surface area (Å²) in [5.74, 6) is 0.301. The average molecular weight is 567 g/mol. The van der Waals surface area contributed by atoms with Gasteiger partial charge in [-0.05, 0) is 42.5 Å². The Kier molecular flexibility index (Phi) is 15.0. The molecule has 2 aromatic heterocycles. The summed E-state index contributed by atoms with van der Waals surface area (Å²) in [7, 11) is 1.84. The fourth-order valence-corrected chi connectivity index (χ4v) is 4.54. The number of carbonyl (C=O) groups excluding carboxylic acids is 2. The van der Waals surface area contributed by atoms with Crippen LogP contribution in [0, 0.1) is 5.92 Å². The molecule has 2 amide bonds. The summed E-state index contributed by atoms with van der Waals surface area (Å²) >= 11 is 1.37. The van der Waals surface area contributed by atoms with Gasteiger partial charge in [0, 0.05) is 36.3 Å². The van der Waals surface area contributed by atoms with Crippen molar-refractivity contribution in [1.29, 1.82) is 0 Å². The van der Waals surface area contributed by atoms with Crippen LogP contribution in [-0.4, -0.2) is 41.1 Å². The van der Waals surface area contributed by atoms with Crippen molar-refractivity contribution in [1.82, 2.24) is 14.9 Å². The largest absolute Gasteiger partial charge is 0.381 e. The fraction of sp³-hybridized carbons (Fsp3) is 0.469. The van der Waals surface area contributed by atoms with Crippen molar-refractivity contribution >= 4 is 33.9 Å². The van der Waals surface area contributed by atoms with E-state index in [0.29, 0.717) is 10.7 Å². The van der Waals surface area contributed by atoms with Crippen molar-refractivity contribution < 1.29 is 14.3 Å². The van der Waals surface area contributed by atoms with Gasteiger partial charge in [-0.2, -0.15) is 0 Å². The number of hydrogen-bond donors (Lipinski definition) is 2. The van der Waals surface area contributed by atoms with E-state index in [1.165, 1.54) is 35.3 Å². The van der Waals surface area contributed by atoms with Crippen LogP contribution in [0.4, 0.5) is 5.13 Å². The zero-order valence-corrected chi connectivity index (χ0v) is 25.8. The number of allylic oxidation sites excluding steroid dienone is 2. The highest BCUT2D eigenvalue weighted by atomic mass is 32.1. The van der Waals surface area contributed by atoms with Crippen LogP contribution in [0.15, 0.2) is 54.2 Å². The fourth-order valence-electron chi connectivity index (χ4n) is 3.81. The molecule has 3 heterocycles. The molecule has 40 heavy (non-hydrogen) atoms. The van der Waals surface area contributed by atoms with Gasteiger partial charge in [0.1, 0.15) is 0 Å². The van der Waals surface area contributed by atoms with Crippen molar-refractivity contribution in [2.45, 2.75) is 66.7 Å². The van der Waals surface area contributed by atoms with Crippen molar-refractivity contribution in [3.63, 3.8) is 0 Å². The molecule has 0 aliphatic carbocycles. The Morgan fingerprint density at radius 2 is 1.88 bits per heavy atom. The van der Waals surface area contributed by atoms with Crippen LogP contribution in [0.1, 0.15) is 82.6 Å². The van der Waals surface area contributed by atoms with Crippen molar-refractivity contribution in [3.05, 3.63) is 65.3 Å². The number of nitrogens with zero attached hydrogens (tertiary/aromatic N) is 2. The summed E-state index contributed by atoms with van der Waals surface area (Å²) in [5, 5.41) is 7.82. The number of benzene rings is 1. The number of thiazole rings is 1. The van der Waals surface area contributed by atoms with Crippen LogP contribution in [0.25, 0.3) is 16.8 Å². The molecule has 1 aliphatic heterocycles. The van der Waals surface area contributed by atoms with E-state index in [1.807, 2.05) is 24.6 Å². The van der Waals surface area contributed by atoms with Crippen LogP contribution < -0.4 is 10.6 Å². The maximum Gasteiger partial charge on any atom is 0.253 e. The van der Waals surface area contributed by atoms with Gasteiger partial charge in [0.15, 0.2) is 5.13 Å². The van der Waals surface area contributed by atoms with Crippen molar-refractivity contribution in [2.75, 3.05) is 25.1 Å². The molecule has 0 bridgehead atoms. The summed E-state index contributed by atoms with van der Waals surface area (Å²) in [4.78, 5) is 28.8. The van der Waals surface area contributed by atoms with Crippen molar-refractivity contribution in [3.8, 4) is 11.3 Å². The van der Waals surface area contributed by atoms with E-state index in [9.17, 15) is 9.59 Å². The van der Waals surface area contributed by atoms with E-state index < -0.39 is 0 Å². The molecule has 1 aromatic carbocycles. The van der Waals surface area contributed by atoms with E-state index in [4.69, 9.17) is 4.74 Å². The van der Waals surface area contributed by atoms with Gasteiger partial charge in [-0.25, -0.2) is 4.98 Å². The lowest BCUT2D eigenvalue weighted by Gasteiger charge is -2.23. The van der Waals surface area contributed by atoms with Crippen LogP contribution in [-0.2, 0) is 16.6 Å². The third-order valence-corrected chi connectivity index (χ3v) is 6.80. The molecule has 218 valence electrons. The average Bonchev–Trinajstić information content (AvgIpc) is 3.57. The number of ether oxygens (including phenoxy) is 1. The number of nitrogens with one attached hydrogen (secondary N) is 2. The first-order valence-electron chi connectivity index (χ1n) is 14.4. The van der Waals surface area contributed by atoms with Gasteiger partial charge in [-0.1, -0.05) is 71.7 Å². The lowest BCUT2D eigenvalue weighted by molar-refractivity contribution is -0.115. The third-order valence-electron chi connectivity index (χ3n) is 6.04. The summed E-state index contributed by atoms with van der Waals surface area (Å²) in [6, 6.07) is 10.1. The van der Waals surface area contributed by atoms with E-state index in [2.05, 4.69) is 68.4 Å². The standard InChI is InChI=1S/C24H28N4O2S.C5H10O.C3H8/c1-4-7-17(8-5-2)18-9-6-10-19(13-18)21-16-31-24(26-21)27-22(29)14-25-23(30)20-11-12-28(3)15-20;1-2-5-3-6-4-5;1-3-2/h6-7,9-13,15-16H,4-5,8,14H2,1-3H3,(H,25,30)(H,26,27,29);5H,2-4H2,1H3;3H2,1-2H3/b17-7+;;. The minimum atomic E-state index is -0.310. The maximum atomic E-state index is 12.2. The number of aryl methyl sites for hydroxylation is 1. The Morgan fingerprint density at radius 1 is 1.12 bits per heavy atom. The molecule has 0 atom stereocenters. The Balaban J connectivity index is 0.000000533. The smallest absolute Gasteiger partial charge is 0.253 e. The second-order valence-electron chi connectivity index (χ2n) is 9.82. The molecule has 7 nitrogen and oxygen atoms in total. The number of amides is 2. The zero-order chi connectivity index (χ0) is 29.3. The molecule has 2 N–H and O–H groups in total. The summed E-state index contributed by atoms with van der Waals surface area (Å²) in [6.07, 6.45) is 11.5. The molecular formula is C32H46N4O3S. The van der Waals surface area contributed by atoms with Gasteiger partial charge in [0.2, 0.25) is 5.91 Å². The van der Waals surface area contributed by atoms with E-state index in [1.54, 1.807) is 23.0 Å². The number of hydrogen-bond acceptors (Lipinski definition) is 5. The molecule has 8 heteroatoms. The molecule has 4 rings (SSSR count). The van der Waals surface area contributed by atoms with Gasteiger partial charge in [-0.15, -0.1) is 11.3 Å². The maximum absolute atomic E-state index is 12.2. The first-order chi connectivity index (χ1) is 19.3. The lowest BCUT2D eigenvalue weighted by atomic mass is 9.98. The van der Waals surface area contributed by atoms with E-state index in [0.717, 1.165) is 49.7 Å². The second kappa shape index (κ2) is 18.2. The molecule has 0 saturated carbocycles. The first-order valence-corrected chi connectivity index (χ1v) is 15.3. The number of anilines is 1. The topological polar surface area (TPSA) is 85.3 Å². The summed E-state index contributed by atoms with van der Waals surface area (Å²) in [6.45, 7) is 12.7. The molecule has 1 aliphatic rings. The number of rotatable bonds is 10. The third kappa shape index (κ3) is 11.1. The highest BCUT2D eigenvalue weighted by molar-refractivity contribution is 7.14. The summed E-state index contributed by atoms with van der Waals surface area (Å²) < 4.78 is 6.71. The highest BCUT2D eigenvalue weighted by Crippen LogP contribution is 2.29. The predicted molar refractivity (Wildman–Crippen MR) is 168 cm³/mol. The minimum Gasteiger partial charge on any atom is -0.381 e.